The van der Waals surface area contributed by atoms with Crippen molar-refractivity contribution in [2.75, 3.05) is 0 Å². The molecule has 2 aromatic carbocycles. The summed E-state index contributed by atoms with van der Waals surface area (Å²) in [6.07, 6.45) is 1.93. The Kier molecular flexibility index (Phi) is 5.71. The smallest absolute Gasteiger partial charge is 0.333 e. The first-order valence-electron chi connectivity index (χ1n) is 8.31. The third kappa shape index (κ3) is 4.44. The fraction of sp³-hybridized carbons (Fsp3) is 0.150. The number of halogens is 2. The Hall–Kier alpha value is -3.35. The molecule has 1 N–H and O–H groups in total. The molecule has 3 rings (SSSR count). The molecule has 1 heterocycles. The lowest BCUT2D eigenvalue weighted by atomic mass is 10.1. The molecule has 5 nitrogen and oxygen atoms in total. The fourth-order valence-electron chi connectivity index (χ4n) is 2.71. The third-order valence-electron chi connectivity index (χ3n) is 4.00. The maximum Gasteiger partial charge on any atom is 0.333 e. The van der Waals surface area contributed by atoms with Crippen molar-refractivity contribution in [3.8, 4) is 11.3 Å². The Bertz CT molecular complexity index is 911. The highest BCUT2D eigenvalue weighted by Crippen LogP contribution is 2.24. The number of nitrogens with zero attached hydrogens (tertiary/aromatic N) is 2. The summed E-state index contributed by atoms with van der Waals surface area (Å²) < 4.78 is 26.6. The van der Waals surface area contributed by atoms with E-state index in [-0.39, 0.29) is 11.3 Å². The van der Waals surface area contributed by atoms with Gasteiger partial charge in [-0.25, -0.2) is 4.68 Å². The average Bonchev–Trinajstić information content (AvgIpc) is 3.15. The van der Waals surface area contributed by atoms with E-state index in [0.717, 1.165) is 11.8 Å². The van der Waals surface area contributed by atoms with Gasteiger partial charge in [0.2, 0.25) is 0 Å². The van der Waals surface area contributed by atoms with E-state index in [9.17, 15) is 18.4 Å². The lowest BCUT2D eigenvalue weighted by molar-refractivity contribution is -0.109. The second kappa shape index (κ2) is 8.35. The van der Waals surface area contributed by atoms with E-state index in [1.54, 1.807) is 30.3 Å². The number of benzene rings is 2. The lowest BCUT2D eigenvalue weighted by Gasteiger charge is -2.13. The third-order valence-corrected chi connectivity index (χ3v) is 4.00. The molecule has 27 heavy (non-hydrogen) atoms. The highest BCUT2D eigenvalue weighted by atomic mass is 19.3. The van der Waals surface area contributed by atoms with Gasteiger partial charge in [-0.3, -0.25) is 4.79 Å². The van der Waals surface area contributed by atoms with Crippen LogP contribution in [0.2, 0.25) is 0 Å². The highest BCUT2D eigenvalue weighted by Gasteiger charge is 2.22. The molecule has 0 aliphatic rings. The number of hydrogen-bond acceptors (Lipinski definition) is 3. The van der Waals surface area contributed by atoms with Gasteiger partial charge < -0.3 is 10.1 Å². The predicted octanol–water partition coefficient (Wildman–Crippen LogP) is 3.49. The molecule has 0 aliphatic carbocycles. The van der Waals surface area contributed by atoms with Crippen LogP contribution in [0.5, 0.6) is 0 Å². The first kappa shape index (κ1) is 18.4. The van der Waals surface area contributed by atoms with Crippen LogP contribution >= 0.6 is 0 Å². The van der Waals surface area contributed by atoms with Crippen LogP contribution in [-0.2, 0) is 11.2 Å². The summed E-state index contributed by atoms with van der Waals surface area (Å²) >= 11 is 0. The van der Waals surface area contributed by atoms with Crippen molar-refractivity contribution in [3.63, 3.8) is 0 Å². The monoisotopic (exact) mass is 369 g/mol. The van der Waals surface area contributed by atoms with E-state index < -0.39 is 18.5 Å². The van der Waals surface area contributed by atoms with Crippen molar-refractivity contribution in [3.05, 3.63) is 78.0 Å². The van der Waals surface area contributed by atoms with E-state index in [0.29, 0.717) is 23.0 Å². The average molecular weight is 369 g/mol. The normalized spacial score (nSPS) is 12.0. The summed E-state index contributed by atoms with van der Waals surface area (Å²) in [7, 11) is 0. The number of nitrogens with one attached hydrogen (secondary N) is 1. The van der Waals surface area contributed by atoms with Crippen molar-refractivity contribution in [2.24, 2.45) is 0 Å². The zero-order valence-corrected chi connectivity index (χ0v) is 14.3. The summed E-state index contributed by atoms with van der Waals surface area (Å²) in [6, 6.07) is 17.0. The molecular formula is C20H17F2N3O2. The summed E-state index contributed by atoms with van der Waals surface area (Å²) in [5.74, 6) is -0.631. The van der Waals surface area contributed by atoms with E-state index >= 15 is 0 Å². The standard InChI is InChI=1S/C20H17F2N3O2/c21-20(22)25-12-17(18(24-25)15-9-5-2-6-10-15)19(27)23-16(13-26)11-14-7-3-1-4-8-14/h1-10,12-13,16,20H,11H2,(H,23,27). The zero-order chi connectivity index (χ0) is 19.2. The van der Waals surface area contributed by atoms with E-state index in [1.807, 2.05) is 30.3 Å². The summed E-state index contributed by atoms with van der Waals surface area (Å²) in [5.41, 5.74) is 1.54. The molecule has 1 unspecified atom stereocenters. The van der Waals surface area contributed by atoms with Crippen LogP contribution in [0.1, 0.15) is 22.5 Å². The minimum absolute atomic E-state index is 0.0126. The Labute approximate surface area is 154 Å². The molecule has 0 fully saturated rings. The van der Waals surface area contributed by atoms with Gasteiger partial charge in [0.25, 0.3) is 5.91 Å². The number of carbonyl (C=O) groups is 2. The topological polar surface area (TPSA) is 64.0 Å². The van der Waals surface area contributed by atoms with Crippen LogP contribution in [0.25, 0.3) is 11.3 Å². The van der Waals surface area contributed by atoms with Gasteiger partial charge in [0.05, 0.1) is 11.6 Å². The number of hydrogen-bond donors (Lipinski definition) is 1. The number of amides is 1. The largest absolute Gasteiger partial charge is 0.342 e. The van der Waals surface area contributed by atoms with Gasteiger partial charge in [-0.15, -0.1) is 0 Å². The van der Waals surface area contributed by atoms with Gasteiger partial charge in [0.1, 0.15) is 12.0 Å². The maximum absolute atomic E-state index is 13.1. The Balaban J connectivity index is 1.86. The van der Waals surface area contributed by atoms with Crippen LogP contribution in [-0.4, -0.2) is 28.0 Å². The van der Waals surface area contributed by atoms with Crippen molar-refractivity contribution < 1.29 is 18.4 Å². The highest BCUT2D eigenvalue weighted by molar-refractivity contribution is 6.00. The quantitative estimate of drug-likeness (QED) is 0.649. The number of carbonyl (C=O) groups excluding carboxylic acids is 2. The van der Waals surface area contributed by atoms with Gasteiger partial charge in [-0.05, 0) is 12.0 Å². The van der Waals surface area contributed by atoms with Crippen LogP contribution in [0, 0.1) is 0 Å². The van der Waals surface area contributed by atoms with Gasteiger partial charge in [-0.1, -0.05) is 60.7 Å². The summed E-state index contributed by atoms with van der Waals surface area (Å²) in [4.78, 5) is 24.1. The van der Waals surface area contributed by atoms with E-state index in [1.165, 1.54) is 0 Å². The molecular weight excluding hydrogens is 352 g/mol. The van der Waals surface area contributed by atoms with Crippen molar-refractivity contribution in [2.45, 2.75) is 19.0 Å². The van der Waals surface area contributed by atoms with Gasteiger partial charge in [0, 0.05) is 11.8 Å². The molecule has 0 aliphatic heterocycles. The van der Waals surface area contributed by atoms with Gasteiger partial charge >= 0.3 is 6.55 Å². The number of alkyl halides is 2. The maximum atomic E-state index is 13.1. The molecule has 1 aromatic heterocycles. The predicted molar refractivity (Wildman–Crippen MR) is 96.4 cm³/mol. The van der Waals surface area contributed by atoms with Gasteiger partial charge in [0.15, 0.2) is 0 Å². The second-order valence-corrected chi connectivity index (χ2v) is 5.92. The molecule has 0 saturated carbocycles. The van der Waals surface area contributed by atoms with Gasteiger partial charge in [-0.2, -0.15) is 13.9 Å². The molecule has 0 spiro atoms. The van der Waals surface area contributed by atoms with Crippen LogP contribution in [0.15, 0.2) is 66.9 Å². The van der Waals surface area contributed by atoms with Crippen molar-refractivity contribution in [1.82, 2.24) is 15.1 Å². The molecule has 7 heteroatoms. The number of rotatable bonds is 7. The molecule has 0 bridgehead atoms. The Morgan fingerprint density at radius 1 is 1.07 bits per heavy atom. The van der Waals surface area contributed by atoms with Crippen molar-refractivity contribution >= 4 is 12.2 Å². The first-order valence-corrected chi connectivity index (χ1v) is 8.31. The molecule has 0 radical (unpaired) electrons. The van der Waals surface area contributed by atoms with Crippen LogP contribution < -0.4 is 5.32 Å². The number of aromatic nitrogens is 2. The SMILES string of the molecule is O=CC(Cc1ccccc1)NC(=O)c1cn(C(F)F)nc1-c1ccccc1. The molecule has 1 atom stereocenters. The first-order chi connectivity index (χ1) is 13.1. The second-order valence-electron chi connectivity index (χ2n) is 5.92. The zero-order valence-electron chi connectivity index (χ0n) is 14.3. The van der Waals surface area contributed by atoms with Crippen LogP contribution in [0.4, 0.5) is 8.78 Å². The van der Waals surface area contributed by atoms with E-state index in [4.69, 9.17) is 0 Å². The molecule has 138 valence electrons. The van der Waals surface area contributed by atoms with Crippen molar-refractivity contribution in [1.29, 1.82) is 0 Å². The number of aldehydes is 1. The molecule has 0 saturated heterocycles. The lowest BCUT2D eigenvalue weighted by Crippen LogP contribution is -2.37. The summed E-state index contributed by atoms with van der Waals surface area (Å²) in [5, 5.41) is 6.42. The van der Waals surface area contributed by atoms with Crippen LogP contribution in [0.3, 0.4) is 0 Å². The summed E-state index contributed by atoms with van der Waals surface area (Å²) in [6.45, 7) is -2.87. The minimum atomic E-state index is -2.87. The Morgan fingerprint density at radius 2 is 1.70 bits per heavy atom. The fourth-order valence-corrected chi connectivity index (χ4v) is 2.71. The Morgan fingerprint density at radius 3 is 2.30 bits per heavy atom. The molecule has 1 amide bonds. The minimum Gasteiger partial charge on any atom is -0.342 e. The molecule has 3 aromatic rings. The van der Waals surface area contributed by atoms with E-state index in [2.05, 4.69) is 10.4 Å².